The standard InChI is InChI=1S/C16H12N2.ClH/c1-18-10-14-16(12-7-3-5-9-15(12)18)11-6-2-4-8-13(11)17-14;/h2-10H,1H3;1H. The Bertz CT molecular complexity index is 893. The summed E-state index contributed by atoms with van der Waals surface area (Å²) in [4.78, 5) is 3.49. The third-order valence-electron chi connectivity index (χ3n) is 3.61. The summed E-state index contributed by atoms with van der Waals surface area (Å²) in [6.07, 6.45) is 2.16. The number of hydrogen-bond acceptors (Lipinski definition) is 0. The van der Waals surface area contributed by atoms with Crippen LogP contribution in [0.1, 0.15) is 0 Å². The van der Waals surface area contributed by atoms with Crippen molar-refractivity contribution in [1.82, 2.24) is 4.98 Å². The highest BCUT2D eigenvalue weighted by Crippen LogP contribution is 2.29. The van der Waals surface area contributed by atoms with Gasteiger partial charge in [0.05, 0.1) is 5.39 Å². The van der Waals surface area contributed by atoms with Crippen LogP contribution in [-0.2, 0) is 7.05 Å². The summed E-state index contributed by atoms with van der Waals surface area (Å²) in [5, 5.41) is 3.92. The van der Waals surface area contributed by atoms with Crippen LogP contribution in [0.4, 0.5) is 0 Å². The third-order valence-corrected chi connectivity index (χ3v) is 3.61. The van der Waals surface area contributed by atoms with Crippen LogP contribution in [0.2, 0.25) is 0 Å². The Morgan fingerprint density at radius 1 is 0.842 bits per heavy atom. The van der Waals surface area contributed by atoms with Gasteiger partial charge in [0, 0.05) is 22.4 Å². The van der Waals surface area contributed by atoms with Gasteiger partial charge in [-0.15, -0.1) is 0 Å². The Hall–Kier alpha value is -2.06. The van der Waals surface area contributed by atoms with Gasteiger partial charge in [0.15, 0.2) is 6.20 Å². The summed E-state index contributed by atoms with van der Waals surface area (Å²) in [6.45, 7) is 0. The number of nitrogens with one attached hydrogen (secondary N) is 1. The fourth-order valence-electron chi connectivity index (χ4n) is 2.81. The fourth-order valence-corrected chi connectivity index (χ4v) is 2.81. The van der Waals surface area contributed by atoms with Crippen molar-refractivity contribution < 1.29 is 17.0 Å². The lowest BCUT2D eigenvalue weighted by Gasteiger charge is -1.98. The quantitative estimate of drug-likeness (QED) is 0.443. The van der Waals surface area contributed by atoms with E-state index in [2.05, 4.69) is 71.3 Å². The lowest BCUT2D eigenvalue weighted by Crippen LogP contribution is -3.00. The van der Waals surface area contributed by atoms with Gasteiger partial charge in [-0.25, -0.2) is 0 Å². The number of hydrogen-bond donors (Lipinski definition) is 1. The highest BCUT2D eigenvalue weighted by atomic mass is 35.5. The second kappa shape index (κ2) is 4.25. The topological polar surface area (TPSA) is 19.7 Å². The summed E-state index contributed by atoms with van der Waals surface area (Å²) >= 11 is 0. The Balaban J connectivity index is 0.00000110. The molecule has 2 nitrogen and oxygen atoms in total. The average molecular weight is 269 g/mol. The summed E-state index contributed by atoms with van der Waals surface area (Å²) in [7, 11) is 2.09. The molecular weight excluding hydrogens is 256 g/mol. The average Bonchev–Trinajstić information content (AvgIpc) is 2.77. The molecule has 0 saturated carbocycles. The van der Waals surface area contributed by atoms with Crippen LogP contribution in [0.15, 0.2) is 54.7 Å². The lowest BCUT2D eigenvalue weighted by atomic mass is 10.1. The number of halogens is 1. The molecule has 0 amide bonds. The monoisotopic (exact) mass is 268 g/mol. The van der Waals surface area contributed by atoms with Gasteiger partial charge in [-0.3, -0.25) is 0 Å². The van der Waals surface area contributed by atoms with Crippen molar-refractivity contribution in [3.63, 3.8) is 0 Å². The Morgan fingerprint density at radius 2 is 1.53 bits per heavy atom. The number of aromatic amines is 1. The van der Waals surface area contributed by atoms with Crippen molar-refractivity contribution in [2.75, 3.05) is 0 Å². The number of rotatable bonds is 0. The first-order chi connectivity index (χ1) is 8.84. The highest BCUT2D eigenvalue weighted by Gasteiger charge is 2.13. The maximum absolute atomic E-state index is 3.49. The number of nitrogens with zero attached hydrogens (tertiary/aromatic N) is 1. The molecule has 2 aromatic carbocycles. The van der Waals surface area contributed by atoms with Gasteiger partial charge >= 0.3 is 0 Å². The molecule has 3 heteroatoms. The molecule has 0 aliphatic rings. The maximum Gasteiger partial charge on any atom is 0.213 e. The SMILES string of the molecule is C[n+]1cc2[nH]c3ccccc3c2c2ccccc21.[Cl-]. The van der Waals surface area contributed by atoms with Gasteiger partial charge in [0.2, 0.25) is 5.52 Å². The first-order valence-electron chi connectivity index (χ1n) is 6.12. The zero-order valence-electron chi connectivity index (χ0n) is 10.5. The summed E-state index contributed by atoms with van der Waals surface area (Å²) < 4.78 is 2.17. The number of aromatic nitrogens is 2. The van der Waals surface area contributed by atoms with E-state index in [1.54, 1.807) is 0 Å². The van der Waals surface area contributed by atoms with Crippen LogP contribution >= 0.6 is 0 Å². The largest absolute Gasteiger partial charge is 1.00 e. The minimum atomic E-state index is 0. The number of para-hydroxylation sites is 2. The number of benzene rings is 2. The van der Waals surface area contributed by atoms with Crippen molar-refractivity contribution in [3.05, 3.63) is 54.7 Å². The number of H-pyrrole nitrogens is 1. The molecular formula is C16H13ClN2. The smallest absolute Gasteiger partial charge is 0.213 e. The maximum atomic E-state index is 3.49. The fraction of sp³-hybridized carbons (Fsp3) is 0.0625. The van der Waals surface area contributed by atoms with Gasteiger partial charge < -0.3 is 17.4 Å². The number of aryl methyl sites for hydroxylation is 1. The summed E-state index contributed by atoms with van der Waals surface area (Å²) in [5.41, 5.74) is 3.65. The first kappa shape index (κ1) is 12.0. The number of pyridine rings is 1. The second-order valence-electron chi connectivity index (χ2n) is 4.72. The van der Waals surface area contributed by atoms with Crippen LogP contribution in [0.5, 0.6) is 0 Å². The normalized spacial score (nSPS) is 11.0. The van der Waals surface area contributed by atoms with E-state index in [0.717, 1.165) is 0 Å². The van der Waals surface area contributed by atoms with Gasteiger partial charge in [-0.05, 0) is 12.1 Å². The van der Waals surface area contributed by atoms with Gasteiger partial charge in [0.25, 0.3) is 0 Å². The summed E-state index contributed by atoms with van der Waals surface area (Å²) in [6, 6.07) is 17.0. The van der Waals surface area contributed by atoms with Gasteiger partial charge in [0.1, 0.15) is 12.6 Å². The van der Waals surface area contributed by atoms with Crippen LogP contribution in [0, 0.1) is 0 Å². The van der Waals surface area contributed by atoms with E-state index in [9.17, 15) is 0 Å². The first-order valence-corrected chi connectivity index (χ1v) is 6.12. The van der Waals surface area contributed by atoms with Crippen LogP contribution in [-0.4, -0.2) is 4.98 Å². The molecule has 94 valence electrons. The van der Waals surface area contributed by atoms with Crippen LogP contribution in [0.25, 0.3) is 32.7 Å². The molecule has 0 spiro atoms. The third kappa shape index (κ3) is 1.60. The molecule has 2 aromatic heterocycles. The van der Waals surface area contributed by atoms with E-state index in [1.165, 1.54) is 32.7 Å². The lowest BCUT2D eigenvalue weighted by molar-refractivity contribution is -0.643. The van der Waals surface area contributed by atoms with Crippen molar-refractivity contribution in [1.29, 1.82) is 0 Å². The van der Waals surface area contributed by atoms with Gasteiger partial charge in [-0.2, -0.15) is 4.57 Å². The van der Waals surface area contributed by atoms with Crippen molar-refractivity contribution in [3.8, 4) is 0 Å². The zero-order chi connectivity index (χ0) is 12.1. The van der Waals surface area contributed by atoms with Crippen molar-refractivity contribution >= 4 is 32.7 Å². The Morgan fingerprint density at radius 3 is 2.37 bits per heavy atom. The zero-order valence-corrected chi connectivity index (χ0v) is 11.3. The highest BCUT2D eigenvalue weighted by molar-refractivity contribution is 6.18. The van der Waals surface area contributed by atoms with E-state index >= 15 is 0 Å². The predicted octanol–water partition coefficient (Wildman–Crippen LogP) is 0.303. The molecule has 0 radical (unpaired) electrons. The molecule has 4 aromatic rings. The minimum Gasteiger partial charge on any atom is -1.00 e. The molecule has 1 N–H and O–H groups in total. The van der Waals surface area contributed by atoms with Crippen LogP contribution in [0.3, 0.4) is 0 Å². The van der Waals surface area contributed by atoms with Crippen LogP contribution < -0.4 is 17.0 Å². The summed E-state index contributed by atoms with van der Waals surface area (Å²) in [5.74, 6) is 0. The molecule has 0 atom stereocenters. The van der Waals surface area contributed by atoms with E-state index < -0.39 is 0 Å². The van der Waals surface area contributed by atoms with E-state index in [1.807, 2.05) is 0 Å². The second-order valence-corrected chi connectivity index (χ2v) is 4.72. The molecule has 4 rings (SSSR count). The molecule has 0 bridgehead atoms. The van der Waals surface area contributed by atoms with Gasteiger partial charge in [-0.1, -0.05) is 30.3 Å². The van der Waals surface area contributed by atoms with E-state index in [-0.39, 0.29) is 12.4 Å². The van der Waals surface area contributed by atoms with E-state index in [0.29, 0.717) is 0 Å². The predicted molar refractivity (Wildman–Crippen MR) is 74.5 cm³/mol. The van der Waals surface area contributed by atoms with Crippen molar-refractivity contribution in [2.24, 2.45) is 7.05 Å². The number of fused-ring (bicyclic) bond motifs is 5. The van der Waals surface area contributed by atoms with E-state index in [4.69, 9.17) is 0 Å². The molecule has 0 saturated heterocycles. The van der Waals surface area contributed by atoms with Crippen molar-refractivity contribution in [2.45, 2.75) is 0 Å². The molecule has 0 aliphatic heterocycles. The molecule has 0 fully saturated rings. The molecule has 0 unspecified atom stereocenters. The molecule has 2 heterocycles. The molecule has 19 heavy (non-hydrogen) atoms. The molecule has 0 aliphatic carbocycles. The minimum absolute atomic E-state index is 0. The Labute approximate surface area is 117 Å². The Kier molecular flexibility index (Phi) is 2.68.